The van der Waals surface area contributed by atoms with Gasteiger partial charge in [0.2, 0.25) is 0 Å². The second-order valence-corrected chi connectivity index (χ2v) is 8.67. The van der Waals surface area contributed by atoms with E-state index in [0.717, 1.165) is 35.8 Å². The maximum Gasteiger partial charge on any atom is 0.0340 e. The van der Waals surface area contributed by atoms with Gasteiger partial charge < -0.3 is 0 Å². The molecule has 1 aliphatic rings. The molecule has 1 fully saturated rings. The lowest BCUT2D eigenvalue weighted by Gasteiger charge is -2.29. The van der Waals surface area contributed by atoms with Crippen LogP contribution in [-0.2, 0) is 6.42 Å². The van der Waals surface area contributed by atoms with E-state index in [4.69, 9.17) is 0 Å². The summed E-state index contributed by atoms with van der Waals surface area (Å²) >= 11 is 0. The zero-order chi connectivity index (χ0) is 21.0. The standard InChI is InChI=1S/C30H36/c1-3-5-7-9-25-11-13-27(14-12-25)15-16-28-19-23-30(24-20-28)29-21-17-26(18-22-29)10-8-6-4-2/h11-14,19-20,23-24,26,29H,3-4,6,8-10,17-18,21-22H2,1-2H3. The van der Waals surface area contributed by atoms with E-state index in [0.29, 0.717) is 0 Å². The first-order valence-electron chi connectivity index (χ1n) is 11.9. The Morgan fingerprint density at radius 2 is 1.37 bits per heavy atom. The van der Waals surface area contributed by atoms with Crippen molar-refractivity contribution in [3.05, 3.63) is 70.8 Å². The molecule has 3 rings (SSSR count). The van der Waals surface area contributed by atoms with Crippen molar-refractivity contribution in [3.8, 4) is 23.7 Å². The molecule has 1 saturated carbocycles. The second kappa shape index (κ2) is 12.3. The quantitative estimate of drug-likeness (QED) is 0.344. The monoisotopic (exact) mass is 396 g/mol. The van der Waals surface area contributed by atoms with Crippen LogP contribution in [0.4, 0.5) is 0 Å². The fraction of sp³-hybridized carbons (Fsp3) is 0.467. The zero-order valence-corrected chi connectivity index (χ0v) is 18.8. The summed E-state index contributed by atoms with van der Waals surface area (Å²) in [5.41, 5.74) is 4.92. The van der Waals surface area contributed by atoms with Crippen molar-refractivity contribution in [2.45, 2.75) is 84.0 Å². The third-order valence-electron chi connectivity index (χ3n) is 6.34. The molecular weight excluding hydrogens is 360 g/mol. The van der Waals surface area contributed by atoms with E-state index in [-0.39, 0.29) is 0 Å². The summed E-state index contributed by atoms with van der Waals surface area (Å²) in [6.45, 7) is 4.38. The van der Waals surface area contributed by atoms with Crippen molar-refractivity contribution in [2.75, 3.05) is 0 Å². The molecule has 0 heterocycles. The molecule has 0 unspecified atom stereocenters. The van der Waals surface area contributed by atoms with Gasteiger partial charge in [0, 0.05) is 24.0 Å². The average Bonchev–Trinajstić information content (AvgIpc) is 2.80. The predicted molar refractivity (Wildman–Crippen MR) is 129 cm³/mol. The largest absolute Gasteiger partial charge is 0.103 e. The van der Waals surface area contributed by atoms with E-state index < -0.39 is 0 Å². The first kappa shape index (κ1) is 22.2. The van der Waals surface area contributed by atoms with Gasteiger partial charge in [-0.15, -0.1) is 5.92 Å². The molecule has 156 valence electrons. The molecule has 0 atom stereocenters. The van der Waals surface area contributed by atoms with Crippen LogP contribution in [0.2, 0.25) is 0 Å². The van der Waals surface area contributed by atoms with Gasteiger partial charge >= 0.3 is 0 Å². The molecule has 0 radical (unpaired) electrons. The molecule has 2 aromatic rings. The van der Waals surface area contributed by atoms with Gasteiger partial charge in [0.25, 0.3) is 0 Å². The molecule has 0 N–H and O–H groups in total. The van der Waals surface area contributed by atoms with Crippen LogP contribution in [0.1, 0.15) is 99.8 Å². The molecule has 0 saturated heterocycles. The van der Waals surface area contributed by atoms with Crippen LogP contribution in [0.3, 0.4) is 0 Å². The molecule has 0 aromatic heterocycles. The molecular formula is C30H36. The fourth-order valence-electron chi connectivity index (χ4n) is 4.45. The number of rotatable bonds is 6. The Kier molecular flexibility index (Phi) is 9.12. The van der Waals surface area contributed by atoms with Crippen molar-refractivity contribution >= 4 is 0 Å². The minimum absolute atomic E-state index is 0.748. The lowest BCUT2D eigenvalue weighted by atomic mass is 9.77. The highest BCUT2D eigenvalue weighted by Gasteiger charge is 2.21. The van der Waals surface area contributed by atoms with Gasteiger partial charge in [-0.25, -0.2) is 0 Å². The highest BCUT2D eigenvalue weighted by molar-refractivity contribution is 5.44. The third-order valence-corrected chi connectivity index (χ3v) is 6.34. The summed E-state index contributed by atoms with van der Waals surface area (Å²) in [7, 11) is 0. The van der Waals surface area contributed by atoms with E-state index >= 15 is 0 Å². The van der Waals surface area contributed by atoms with Crippen molar-refractivity contribution in [1.29, 1.82) is 0 Å². The molecule has 0 nitrogen and oxygen atoms in total. The maximum atomic E-state index is 3.32. The SMILES string of the molecule is CCC#CCc1ccc(C#Cc2ccc(C3CCC(CCCCC)CC3)cc2)cc1. The van der Waals surface area contributed by atoms with Gasteiger partial charge in [0.1, 0.15) is 0 Å². The van der Waals surface area contributed by atoms with E-state index in [1.165, 1.54) is 62.5 Å². The first-order valence-corrected chi connectivity index (χ1v) is 11.9. The Morgan fingerprint density at radius 3 is 1.97 bits per heavy atom. The average molecular weight is 397 g/mol. The third kappa shape index (κ3) is 7.11. The predicted octanol–water partition coefficient (Wildman–Crippen LogP) is 7.90. The van der Waals surface area contributed by atoms with E-state index in [1.54, 1.807) is 0 Å². The molecule has 1 aliphatic carbocycles. The van der Waals surface area contributed by atoms with Crippen LogP contribution in [0, 0.1) is 29.6 Å². The van der Waals surface area contributed by atoms with Crippen LogP contribution in [0.25, 0.3) is 0 Å². The molecule has 0 spiro atoms. The fourth-order valence-corrected chi connectivity index (χ4v) is 4.45. The molecule has 0 bridgehead atoms. The lowest BCUT2D eigenvalue weighted by molar-refractivity contribution is 0.303. The maximum absolute atomic E-state index is 3.32. The molecule has 2 aromatic carbocycles. The summed E-state index contributed by atoms with van der Waals surface area (Å²) in [6.07, 6.45) is 12.9. The highest BCUT2D eigenvalue weighted by atomic mass is 14.3. The normalized spacial score (nSPS) is 18.1. The van der Waals surface area contributed by atoms with Crippen LogP contribution in [0.5, 0.6) is 0 Å². The van der Waals surface area contributed by atoms with Crippen LogP contribution in [0.15, 0.2) is 48.5 Å². The van der Waals surface area contributed by atoms with Crippen molar-refractivity contribution in [3.63, 3.8) is 0 Å². The van der Waals surface area contributed by atoms with Gasteiger partial charge in [0.15, 0.2) is 0 Å². The molecule has 0 heteroatoms. The zero-order valence-electron chi connectivity index (χ0n) is 18.8. The molecule has 30 heavy (non-hydrogen) atoms. The molecule has 0 aliphatic heterocycles. The van der Waals surface area contributed by atoms with E-state index in [1.807, 2.05) is 0 Å². The van der Waals surface area contributed by atoms with Gasteiger partial charge in [-0.1, -0.05) is 81.6 Å². The minimum Gasteiger partial charge on any atom is -0.103 e. The first-order chi connectivity index (χ1) is 14.8. The Hall–Kier alpha value is -2.44. The summed E-state index contributed by atoms with van der Waals surface area (Å²) in [5, 5.41) is 0. The van der Waals surface area contributed by atoms with Crippen LogP contribution < -0.4 is 0 Å². The smallest absolute Gasteiger partial charge is 0.0340 e. The van der Waals surface area contributed by atoms with Gasteiger partial charge in [-0.3, -0.25) is 0 Å². The Labute approximate surface area is 184 Å². The summed E-state index contributed by atoms with van der Waals surface area (Å²) < 4.78 is 0. The van der Waals surface area contributed by atoms with Crippen molar-refractivity contribution in [1.82, 2.24) is 0 Å². The van der Waals surface area contributed by atoms with E-state index in [9.17, 15) is 0 Å². The number of hydrogen-bond acceptors (Lipinski definition) is 0. The summed E-state index contributed by atoms with van der Waals surface area (Å²) in [5.74, 6) is 14.7. The number of unbranched alkanes of at least 4 members (excludes halogenated alkanes) is 2. The van der Waals surface area contributed by atoms with Crippen LogP contribution >= 0.6 is 0 Å². The Bertz CT molecular complexity index is 870. The topological polar surface area (TPSA) is 0 Å². The van der Waals surface area contributed by atoms with Gasteiger partial charge in [-0.05, 0) is 72.9 Å². The van der Waals surface area contributed by atoms with Gasteiger partial charge in [0.05, 0.1) is 0 Å². The van der Waals surface area contributed by atoms with Crippen LogP contribution in [-0.4, -0.2) is 0 Å². The molecule has 0 amide bonds. The minimum atomic E-state index is 0.748. The van der Waals surface area contributed by atoms with Crippen molar-refractivity contribution < 1.29 is 0 Å². The number of hydrogen-bond donors (Lipinski definition) is 0. The Morgan fingerprint density at radius 1 is 0.733 bits per heavy atom. The van der Waals surface area contributed by atoms with Gasteiger partial charge in [-0.2, -0.15) is 0 Å². The highest BCUT2D eigenvalue weighted by Crippen LogP contribution is 2.37. The lowest BCUT2D eigenvalue weighted by Crippen LogP contribution is -2.13. The van der Waals surface area contributed by atoms with Crippen molar-refractivity contribution in [2.24, 2.45) is 5.92 Å². The Balaban J connectivity index is 1.51. The summed E-state index contributed by atoms with van der Waals surface area (Å²) in [4.78, 5) is 0. The second-order valence-electron chi connectivity index (χ2n) is 8.67. The van der Waals surface area contributed by atoms with E-state index in [2.05, 4.69) is 86.1 Å². The summed E-state index contributed by atoms with van der Waals surface area (Å²) in [6, 6.07) is 17.5. The number of benzene rings is 2.